The monoisotopic (exact) mass is 367 g/mol. The van der Waals surface area contributed by atoms with Gasteiger partial charge in [0.2, 0.25) is 0 Å². The first-order valence-corrected chi connectivity index (χ1v) is 10.1. The second kappa shape index (κ2) is 8.47. The highest BCUT2D eigenvalue weighted by atomic mass is 32.1. The quantitative estimate of drug-likeness (QED) is 0.867. The molecule has 0 radical (unpaired) electrons. The lowest BCUT2D eigenvalue weighted by molar-refractivity contribution is -0.00927. The van der Waals surface area contributed by atoms with Crippen LogP contribution in [0.25, 0.3) is 0 Å². The zero-order chi connectivity index (χ0) is 17.8. The number of hydrogen-bond acceptors (Lipinski definition) is 6. The van der Waals surface area contributed by atoms with Gasteiger partial charge in [0.25, 0.3) is 0 Å². The number of carbonyl (C=O) groups excluding carboxylic acids is 1. The zero-order valence-electron chi connectivity index (χ0n) is 15.3. The maximum Gasteiger partial charge on any atom is 0.410 e. The molecule has 1 aromatic rings. The van der Waals surface area contributed by atoms with E-state index in [1.54, 1.807) is 11.3 Å². The number of rotatable bonds is 5. The van der Waals surface area contributed by atoms with Crippen LogP contribution in [-0.4, -0.2) is 61.0 Å². The molecule has 0 aromatic carbocycles. The molecule has 25 heavy (non-hydrogen) atoms. The summed E-state index contributed by atoms with van der Waals surface area (Å²) in [5, 5.41) is 6.64. The fourth-order valence-electron chi connectivity index (χ4n) is 4.23. The number of methoxy groups -OCH3 is 1. The van der Waals surface area contributed by atoms with Crippen LogP contribution in [0.2, 0.25) is 0 Å². The van der Waals surface area contributed by atoms with Gasteiger partial charge in [0, 0.05) is 29.6 Å². The third kappa shape index (κ3) is 4.15. The van der Waals surface area contributed by atoms with E-state index in [2.05, 4.69) is 22.6 Å². The number of nitrogens with zero attached hydrogens (tertiary/aromatic N) is 2. The highest BCUT2D eigenvalue weighted by Gasteiger charge is 2.42. The summed E-state index contributed by atoms with van der Waals surface area (Å²) in [5.41, 5.74) is 0. The van der Waals surface area contributed by atoms with Gasteiger partial charge in [-0.3, -0.25) is 4.90 Å². The van der Waals surface area contributed by atoms with Crippen molar-refractivity contribution in [3.05, 3.63) is 16.6 Å². The molecule has 0 bridgehead atoms. The molecule has 1 saturated carbocycles. The molecule has 3 unspecified atom stereocenters. The van der Waals surface area contributed by atoms with E-state index in [0.29, 0.717) is 12.5 Å². The lowest BCUT2D eigenvalue weighted by Crippen LogP contribution is -2.48. The first-order chi connectivity index (χ1) is 12.1. The molecule has 140 valence electrons. The van der Waals surface area contributed by atoms with Crippen molar-refractivity contribution >= 4 is 17.4 Å². The largest absolute Gasteiger partial charge is 0.453 e. The summed E-state index contributed by atoms with van der Waals surface area (Å²) in [6.45, 7) is 2.64. The van der Waals surface area contributed by atoms with Crippen molar-refractivity contribution in [1.29, 1.82) is 0 Å². The van der Waals surface area contributed by atoms with Gasteiger partial charge in [0.15, 0.2) is 0 Å². The number of aromatic nitrogens is 1. The molecule has 7 heteroatoms. The molecule has 0 spiro atoms. The van der Waals surface area contributed by atoms with Gasteiger partial charge in [-0.05, 0) is 46.1 Å². The molecule has 1 saturated heterocycles. The van der Waals surface area contributed by atoms with Crippen molar-refractivity contribution < 1.29 is 14.3 Å². The number of ether oxygens (including phenoxy) is 2. The van der Waals surface area contributed by atoms with Gasteiger partial charge in [-0.25, -0.2) is 9.78 Å². The molecule has 3 atom stereocenters. The second-order valence-electron chi connectivity index (χ2n) is 7.10. The van der Waals surface area contributed by atoms with Crippen molar-refractivity contribution in [2.45, 2.75) is 69.2 Å². The molecule has 1 aliphatic carbocycles. The third-order valence-corrected chi connectivity index (χ3v) is 6.56. The minimum absolute atomic E-state index is 0.0316. The van der Waals surface area contributed by atoms with E-state index in [0.717, 1.165) is 32.1 Å². The van der Waals surface area contributed by atoms with Gasteiger partial charge < -0.3 is 14.8 Å². The van der Waals surface area contributed by atoms with Crippen molar-refractivity contribution in [2.24, 2.45) is 0 Å². The fraction of sp³-hybridized carbons (Fsp3) is 0.778. The van der Waals surface area contributed by atoms with E-state index in [1.807, 2.05) is 18.1 Å². The van der Waals surface area contributed by atoms with Crippen molar-refractivity contribution in [2.75, 3.05) is 20.8 Å². The summed E-state index contributed by atoms with van der Waals surface area (Å²) < 4.78 is 11.2. The summed E-state index contributed by atoms with van der Waals surface area (Å²) in [5.74, 6) is 0.586. The first kappa shape index (κ1) is 18.6. The third-order valence-electron chi connectivity index (χ3n) is 5.63. The molecule has 1 amide bonds. The average molecular weight is 368 g/mol. The Labute approximate surface area is 153 Å². The standard InChI is InChI=1S/C18H29N3O3S/c1-12-10-15(19-2)16(21(12)18(22)23-3)11-24-14-6-4-13(5-7-14)17-20-8-9-25-17/h8-9,12-16,19H,4-7,10-11H2,1-3H3. The first-order valence-electron chi connectivity index (χ1n) is 9.18. The van der Waals surface area contributed by atoms with Crippen molar-refractivity contribution in [3.63, 3.8) is 0 Å². The Kier molecular flexibility index (Phi) is 6.30. The summed E-state index contributed by atoms with van der Waals surface area (Å²) in [6, 6.07) is 0.448. The van der Waals surface area contributed by atoms with Crippen LogP contribution in [0.4, 0.5) is 4.79 Å². The Hall–Kier alpha value is -1.18. The van der Waals surface area contributed by atoms with Crippen LogP contribution in [-0.2, 0) is 9.47 Å². The van der Waals surface area contributed by atoms with E-state index in [-0.39, 0.29) is 30.3 Å². The van der Waals surface area contributed by atoms with Crippen LogP contribution in [0.15, 0.2) is 11.6 Å². The fourth-order valence-corrected chi connectivity index (χ4v) is 5.04. The highest BCUT2D eigenvalue weighted by molar-refractivity contribution is 7.09. The average Bonchev–Trinajstić information content (AvgIpc) is 3.27. The van der Waals surface area contributed by atoms with Crippen LogP contribution in [0.1, 0.15) is 50.0 Å². The van der Waals surface area contributed by atoms with Gasteiger partial charge in [0.1, 0.15) is 0 Å². The van der Waals surface area contributed by atoms with Crippen LogP contribution < -0.4 is 5.32 Å². The summed E-state index contributed by atoms with van der Waals surface area (Å²) in [6.07, 6.45) is 7.24. The van der Waals surface area contributed by atoms with E-state index in [4.69, 9.17) is 9.47 Å². The molecular formula is C18H29N3O3S. The van der Waals surface area contributed by atoms with E-state index in [1.165, 1.54) is 12.1 Å². The predicted molar refractivity (Wildman–Crippen MR) is 98.0 cm³/mol. The smallest absolute Gasteiger partial charge is 0.410 e. The highest BCUT2D eigenvalue weighted by Crippen LogP contribution is 2.35. The summed E-state index contributed by atoms with van der Waals surface area (Å²) in [7, 11) is 3.39. The second-order valence-corrected chi connectivity index (χ2v) is 8.03. The Morgan fingerprint density at radius 2 is 2.16 bits per heavy atom. The Bertz CT molecular complexity index is 546. The van der Waals surface area contributed by atoms with Crippen LogP contribution in [0, 0.1) is 0 Å². The van der Waals surface area contributed by atoms with Crippen molar-refractivity contribution in [1.82, 2.24) is 15.2 Å². The van der Waals surface area contributed by atoms with Gasteiger partial charge in [-0.2, -0.15) is 0 Å². The molecule has 1 aliphatic heterocycles. The normalized spacial score (nSPS) is 32.8. The minimum Gasteiger partial charge on any atom is -0.453 e. The SMILES string of the molecule is CNC1CC(C)N(C(=O)OC)C1COC1CCC(c2nccs2)CC1. The van der Waals surface area contributed by atoms with E-state index < -0.39 is 0 Å². The predicted octanol–water partition coefficient (Wildman–Crippen LogP) is 3.00. The maximum absolute atomic E-state index is 12.1. The minimum atomic E-state index is -0.258. The zero-order valence-corrected chi connectivity index (χ0v) is 16.1. The Morgan fingerprint density at radius 3 is 2.76 bits per heavy atom. The van der Waals surface area contributed by atoms with Gasteiger partial charge in [-0.1, -0.05) is 0 Å². The summed E-state index contributed by atoms with van der Waals surface area (Å²) >= 11 is 1.76. The molecule has 1 N–H and O–H groups in total. The van der Waals surface area contributed by atoms with Gasteiger partial charge in [0.05, 0.1) is 30.9 Å². The Balaban J connectivity index is 1.52. The number of likely N-dealkylation sites (tertiary alicyclic amines) is 1. The van der Waals surface area contributed by atoms with E-state index >= 15 is 0 Å². The summed E-state index contributed by atoms with van der Waals surface area (Å²) in [4.78, 5) is 18.4. The number of nitrogens with one attached hydrogen (secondary N) is 1. The van der Waals surface area contributed by atoms with Gasteiger partial charge in [-0.15, -0.1) is 11.3 Å². The van der Waals surface area contributed by atoms with Crippen LogP contribution in [0.3, 0.4) is 0 Å². The molecular weight excluding hydrogens is 338 g/mol. The molecule has 2 fully saturated rings. The number of hydrogen-bond donors (Lipinski definition) is 1. The maximum atomic E-state index is 12.1. The lowest BCUT2D eigenvalue weighted by Gasteiger charge is -2.32. The molecule has 2 aliphatic rings. The lowest BCUT2D eigenvalue weighted by atomic mass is 9.88. The van der Waals surface area contributed by atoms with Crippen molar-refractivity contribution in [3.8, 4) is 0 Å². The van der Waals surface area contributed by atoms with Gasteiger partial charge >= 0.3 is 6.09 Å². The number of thiazole rings is 1. The molecule has 6 nitrogen and oxygen atoms in total. The molecule has 1 aromatic heterocycles. The van der Waals surface area contributed by atoms with Crippen LogP contribution >= 0.6 is 11.3 Å². The van der Waals surface area contributed by atoms with E-state index in [9.17, 15) is 4.79 Å². The van der Waals surface area contributed by atoms with Crippen LogP contribution in [0.5, 0.6) is 0 Å². The number of likely N-dealkylation sites (N-methyl/N-ethyl adjacent to an activating group) is 1. The topological polar surface area (TPSA) is 63.7 Å². The number of amides is 1. The molecule has 3 rings (SSSR count). The molecule has 2 heterocycles. The Morgan fingerprint density at radius 1 is 1.40 bits per heavy atom. The number of carbonyl (C=O) groups is 1.